The van der Waals surface area contributed by atoms with Gasteiger partial charge in [0.2, 0.25) is 21.8 Å². The van der Waals surface area contributed by atoms with Crippen molar-refractivity contribution in [3.05, 3.63) is 65.2 Å². The van der Waals surface area contributed by atoms with E-state index in [1.165, 1.54) is 36.2 Å². The lowest BCUT2D eigenvalue weighted by molar-refractivity contribution is -0.140. The molecule has 0 heterocycles. The van der Waals surface area contributed by atoms with Gasteiger partial charge in [-0.1, -0.05) is 62.2 Å². The molecule has 2 rings (SSSR count). The molecular formula is C25H34ClN3O4S. The van der Waals surface area contributed by atoms with Gasteiger partial charge >= 0.3 is 0 Å². The second-order valence-corrected chi connectivity index (χ2v) is 10.6. The van der Waals surface area contributed by atoms with Crippen LogP contribution in [0, 0.1) is 0 Å². The number of rotatable bonds is 13. The van der Waals surface area contributed by atoms with E-state index in [0.717, 1.165) is 22.7 Å². The number of carbonyl (C=O) groups excluding carboxylic acids is 2. The van der Waals surface area contributed by atoms with E-state index >= 15 is 0 Å². The Morgan fingerprint density at radius 1 is 1.03 bits per heavy atom. The van der Waals surface area contributed by atoms with E-state index < -0.39 is 22.0 Å². The van der Waals surface area contributed by atoms with Crippen LogP contribution in [0.3, 0.4) is 0 Å². The zero-order chi connectivity index (χ0) is 25.1. The molecule has 0 aliphatic heterocycles. The molecule has 0 bridgehead atoms. The number of halogens is 1. The quantitative estimate of drug-likeness (QED) is 0.418. The first-order chi connectivity index (χ1) is 16.2. The van der Waals surface area contributed by atoms with Crippen molar-refractivity contribution in [2.24, 2.45) is 0 Å². The zero-order valence-electron chi connectivity index (χ0n) is 20.0. The smallest absolute Gasteiger partial charge is 0.243 e. The van der Waals surface area contributed by atoms with E-state index in [-0.39, 0.29) is 17.3 Å². The number of hydrogen-bond acceptors (Lipinski definition) is 4. The maximum atomic E-state index is 13.4. The molecule has 2 amide bonds. The lowest BCUT2D eigenvalue weighted by atomic mass is 10.1. The number of nitrogens with one attached hydrogen (secondary N) is 1. The van der Waals surface area contributed by atoms with Gasteiger partial charge in [-0.2, -0.15) is 4.31 Å². The first-order valence-corrected chi connectivity index (χ1v) is 13.4. The summed E-state index contributed by atoms with van der Waals surface area (Å²) in [5, 5.41) is 3.33. The van der Waals surface area contributed by atoms with Gasteiger partial charge in [-0.15, -0.1) is 0 Å². The maximum Gasteiger partial charge on any atom is 0.243 e. The van der Waals surface area contributed by atoms with Crippen LogP contribution < -0.4 is 5.32 Å². The number of hydrogen-bond donors (Lipinski definition) is 1. The average molecular weight is 508 g/mol. The molecule has 0 saturated heterocycles. The SMILES string of the molecule is CCCCNC(=O)[C@@H](CC)N(CCc1ccccc1)C(=O)CN(C)S(=O)(=O)c1ccc(Cl)cc1. The van der Waals surface area contributed by atoms with Gasteiger partial charge in [-0.25, -0.2) is 8.42 Å². The van der Waals surface area contributed by atoms with Gasteiger partial charge in [-0.3, -0.25) is 9.59 Å². The van der Waals surface area contributed by atoms with Crippen LogP contribution in [0.2, 0.25) is 5.02 Å². The normalized spacial score (nSPS) is 12.4. The summed E-state index contributed by atoms with van der Waals surface area (Å²) in [7, 11) is -2.53. The molecule has 1 atom stereocenters. The molecule has 0 unspecified atom stereocenters. The van der Waals surface area contributed by atoms with Crippen LogP contribution in [0.25, 0.3) is 0 Å². The van der Waals surface area contributed by atoms with Crippen LogP contribution >= 0.6 is 11.6 Å². The monoisotopic (exact) mass is 507 g/mol. The van der Waals surface area contributed by atoms with Crippen molar-refractivity contribution in [1.82, 2.24) is 14.5 Å². The minimum atomic E-state index is -3.90. The number of likely N-dealkylation sites (N-methyl/N-ethyl adjacent to an activating group) is 1. The third-order valence-electron chi connectivity index (χ3n) is 5.58. The minimum Gasteiger partial charge on any atom is -0.354 e. The topological polar surface area (TPSA) is 86.8 Å². The summed E-state index contributed by atoms with van der Waals surface area (Å²) in [5.74, 6) is -0.644. The Balaban J connectivity index is 2.22. The summed E-state index contributed by atoms with van der Waals surface area (Å²) in [6.45, 7) is 4.35. The largest absolute Gasteiger partial charge is 0.354 e. The van der Waals surface area contributed by atoms with Gasteiger partial charge in [-0.05, 0) is 49.1 Å². The minimum absolute atomic E-state index is 0.0485. The van der Waals surface area contributed by atoms with Crippen molar-refractivity contribution < 1.29 is 18.0 Å². The summed E-state index contributed by atoms with van der Waals surface area (Å²) < 4.78 is 26.9. The standard InChI is InChI=1S/C25H34ClN3O4S/c1-4-6-17-27-25(31)23(5-2)29(18-16-20-10-8-7-9-11-20)24(30)19-28(3)34(32,33)22-14-12-21(26)13-15-22/h7-15,23H,4-6,16-19H2,1-3H3,(H,27,31)/t23-/m1/s1. The van der Waals surface area contributed by atoms with Crippen LogP contribution in [0.1, 0.15) is 38.7 Å². The number of unbranched alkanes of at least 4 members (excludes halogenated alkanes) is 1. The lowest BCUT2D eigenvalue weighted by Gasteiger charge is -2.32. The van der Waals surface area contributed by atoms with Crippen LogP contribution in [0.5, 0.6) is 0 Å². The summed E-state index contributed by atoms with van der Waals surface area (Å²) in [6.07, 6.45) is 2.77. The lowest BCUT2D eigenvalue weighted by Crippen LogP contribution is -2.52. The fraction of sp³-hybridized carbons (Fsp3) is 0.440. The molecule has 0 spiro atoms. The Kier molecular flexibility index (Phi) is 11.0. The van der Waals surface area contributed by atoms with E-state index in [2.05, 4.69) is 5.32 Å². The molecule has 0 radical (unpaired) electrons. The Bertz CT molecular complexity index is 1030. The summed E-state index contributed by atoms with van der Waals surface area (Å²) in [6, 6.07) is 14.8. The number of nitrogens with zero attached hydrogens (tertiary/aromatic N) is 2. The van der Waals surface area contributed by atoms with Crippen LogP contribution in [0.4, 0.5) is 0 Å². The highest BCUT2D eigenvalue weighted by molar-refractivity contribution is 7.89. The highest BCUT2D eigenvalue weighted by Crippen LogP contribution is 2.18. The maximum absolute atomic E-state index is 13.4. The van der Waals surface area contributed by atoms with Crippen LogP contribution in [-0.4, -0.2) is 62.2 Å². The van der Waals surface area contributed by atoms with Gasteiger partial charge in [0.25, 0.3) is 0 Å². The van der Waals surface area contributed by atoms with Gasteiger partial charge < -0.3 is 10.2 Å². The van der Waals surface area contributed by atoms with E-state index in [4.69, 9.17) is 11.6 Å². The summed E-state index contributed by atoms with van der Waals surface area (Å²) in [5.41, 5.74) is 1.03. The molecule has 186 valence electrons. The highest BCUT2D eigenvalue weighted by Gasteiger charge is 2.31. The van der Waals surface area contributed by atoms with E-state index in [1.54, 1.807) is 0 Å². The fourth-order valence-electron chi connectivity index (χ4n) is 3.55. The van der Waals surface area contributed by atoms with Gasteiger partial charge in [0.15, 0.2) is 0 Å². The average Bonchev–Trinajstić information content (AvgIpc) is 2.82. The predicted octanol–water partition coefficient (Wildman–Crippen LogP) is 3.73. The number of carbonyl (C=O) groups is 2. The highest BCUT2D eigenvalue weighted by atomic mass is 35.5. The van der Waals surface area contributed by atoms with E-state index in [1.807, 2.05) is 44.2 Å². The number of benzene rings is 2. The van der Waals surface area contributed by atoms with Crippen molar-refractivity contribution in [3.8, 4) is 0 Å². The fourth-order valence-corrected chi connectivity index (χ4v) is 4.80. The Morgan fingerprint density at radius 2 is 1.68 bits per heavy atom. The van der Waals surface area contributed by atoms with E-state index in [9.17, 15) is 18.0 Å². The Hall–Kier alpha value is -2.42. The van der Waals surface area contributed by atoms with Crippen molar-refractivity contribution in [1.29, 1.82) is 0 Å². The predicted molar refractivity (Wildman–Crippen MR) is 135 cm³/mol. The third kappa shape index (κ3) is 7.82. The number of amides is 2. The molecule has 9 heteroatoms. The van der Waals surface area contributed by atoms with Crippen LogP contribution in [-0.2, 0) is 26.0 Å². The molecule has 1 N–H and O–H groups in total. The van der Waals surface area contributed by atoms with Crippen molar-refractivity contribution in [2.45, 2.75) is 50.5 Å². The van der Waals surface area contributed by atoms with Gasteiger partial charge in [0.1, 0.15) is 6.04 Å². The van der Waals surface area contributed by atoms with Crippen molar-refractivity contribution in [2.75, 3.05) is 26.7 Å². The Labute approximate surface area is 208 Å². The van der Waals surface area contributed by atoms with E-state index in [0.29, 0.717) is 31.0 Å². The molecule has 2 aromatic carbocycles. The molecule has 0 aliphatic rings. The summed E-state index contributed by atoms with van der Waals surface area (Å²) >= 11 is 5.87. The first-order valence-electron chi connectivity index (χ1n) is 11.5. The molecule has 0 fully saturated rings. The third-order valence-corrected chi connectivity index (χ3v) is 7.65. The van der Waals surface area contributed by atoms with Crippen molar-refractivity contribution >= 4 is 33.4 Å². The second kappa shape index (κ2) is 13.5. The Morgan fingerprint density at radius 3 is 2.26 bits per heavy atom. The van der Waals surface area contributed by atoms with Crippen LogP contribution in [0.15, 0.2) is 59.5 Å². The van der Waals surface area contributed by atoms with Gasteiger partial charge in [0, 0.05) is 25.2 Å². The first kappa shape index (κ1) is 27.8. The van der Waals surface area contributed by atoms with Gasteiger partial charge in [0.05, 0.1) is 11.4 Å². The molecule has 0 aromatic heterocycles. The number of sulfonamides is 1. The molecule has 7 nitrogen and oxygen atoms in total. The van der Waals surface area contributed by atoms with Crippen molar-refractivity contribution in [3.63, 3.8) is 0 Å². The molecule has 0 saturated carbocycles. The summed E-state index contributed by atoms with van der Waals surface area (Å²) in [4.78, 5) is 27.8. The second-order valence-electron chi connectivity index (χ2n) is 8.11. The molecular weight excluding hydrogens is 474 g/mol. The molecule has 2 aromatic rings. The molecule has 0 aliphatic carbocycles. The zero-order valence-corrected chi connectivity index (χ0v) is 21.6. The molecule has 34 heavy (non-hydrogen) atoms.